The van der Waals surface area contributed by atoms with Crippen molar-refractivity contribution in [3.8, 4) is 0 Å². The Labute approximate surface area is 223 Å². The molecule has 0 fully saturated rings. The number of carbonyl (C=O) groups excluding carboxylic acids is 1. The molecule has 5 nitrogen and oxygen atoms in total. The van der Waals surface area contributed by atoms with Crippen LogP contribution in [0.4, 0.5) is 0 Å². The van der Waals surface area contributed by atoms with Crippen molar-refractivity contribution in [2.45, 2.75) is 45.7 Å². The Bertz CT molecular complexity index is 1620. The third-order valence-corrected chi connectivity index (χ3v) is 7.14. The third-order valence-electron chi connectivity index (χ3n) is 7.14. The Hall–Kier alpha value is -4.25. The molecule has 1 atom stereocenters. The summed E-state index contributed by atoms with van der Waals surface area (Å²) in [5, 5.41) is 2.73. The fourth-order valence-corrected chi connectivity index (χ4v) is 5.20. The van der Waals surface area contributed by atoms with Crippen molar-refractivity contribution in [3.63, 3.8) is 0 Å². The molecule has 0 aliphatic carbocycles. The molecule has 0 aliphatic rings. The Morgan fingerprint density at radius 1 is 0.868 bits per heavy atom. The van der Waals surface area contributed by atoms with E-state index in [2.05, 4.69) is 26.0 Å². The topological polar surface area (TPSA) is 55.2 Å². The van der Waals surface area contributed by atoms with Crippen LogP contribution in [0.1, 0.15) is 54.5 Å². The molecule has 0 saturated carbocycles. The van der Waals surface area contributed by atoms with Gasteiger partial charge in [0.05, 0.1) is 16.9 Å². The fraction of sp³-hybridized carbons (Fsp3) is 0.242. The van der Waals surface area contributed by atoms with Gasteiger partial charge in [-0.2, -0.15) is 0 Å². The zero-order valence-electron chi connectivity index (χ0n) is 22.0. The van der Waals surface area contributed by atoms with Crippen LogP contribution in [0.2, 0.25) is 0 Å². The summed E-state index contributed by atoms with van der Waals surface area (Å²) in [6, 6.07) is 31.3. The van der Waals surface area contributed by atoms with Crippen molar-refractivity contribution < 1.29 is 4.79 Å². The van der Waals surface area contributed by atoms with Gasteiger partial charge in [0.1, 0.15) is 5.82 Å². The monoisotopic (exact) mass is 503 g/mol. The molecule has 38 heavy (non-hydrogen) atoms. The maximum absolute atomic E-state index is 14.2. The van der Waals surface area contributed by atoms with Gasteiger partial charge in [0.15, 0.2) is 0 Å². The predicted molar refractivity (Wildman–Crippen MR) is 154 cm³/mol. The zero-order chi connectivity index (χ0) is 26.5. The summed E-state index contributed by atoms with van der Waals surface area (Å²) in [5.74, 6) is 0.601. The lowest BCUT2D eigenvalue weighted by molar-refractivity contribution is 0.0659. The third kappa shape index (κ3) is 5.10. The summed E-state index contributed by atoms with van der Waals surface area (Å²) in [7, 11) is 0. The molecule has 4 aromatic carbocycles. The summed E-state index contributed by atoms with van der Waals surface area (Å²) >= 11 is 0. The van der Waals surface area contributed by atoms with E-state index >= 15 is 0 Å². The molecule has 5 rings (SSSR count). The highest BCUT2D eigenvalue weighted by molar-refractivity contribution is 5.98. The van der Waals surface area contributed by atoms with E-state index in [4.69, 9.17) is 4.98 Å². The molecule has 0 N–H and O–H groups in total. The average molecular weight is 504 g/mol. The van der Waals surface area contributed by atoms with Crippen LogP contribution in [0, 0.1) is 0 Å². The minimum atomic E-state index is -0.346. The number of para-hydroxylation sites is 1. The number of carbonyl (C=O) groups is 1. The number of rotatable bonds is 9. The molecule has 0 saturated heterocycles. The maximum Gasteiger partial charge on any atom is 0.261 e. The normalized spacial score (nSPS) is 12.1. The molecule has 0 aliphatic heterocycles. The summed E-state index contributed by atoms with van der Waals surface area (Å²) in [6.07, 6.45) is 2.15. The van der Waals surface area contributed by atoms with Crippen molar-refractivity contribution in [3.05, 3.63) is 124 Å². The quantitative estimate of drug-likeness (QED) is 0.222. The van der Waals surface area contributed by atoms with Gasteiger partial charge >= 0.3 is 0 Å². The van der Waals surface area contributed by atoms with Gasteiger partial charge in [-0.25, -0.2) is 4.98 Å². The Balaban J connectivity index is 1.62. The van der Waals surface area contributed by atoms with Crippen LogP contribution in [0.15, 0.2) is 102 Å². The fourth-order valence-electron chi connectivity index (χ4n) is 5.20. The van der Waals surface area contributed by atoms with Crippen molar-refractivity contribution in [1.82, 2.24) is 14.5 Å². The van der Waals surface area contributed by atoms with Gasteiger partial charge in [-0.15, -0.1) is 0 Å². The van der Waals surface area contributed by atoms with E-state index in [1.165, 1.54) is 0 Å². The maximum atomic E-state index is 14.2. The number of amides is 1. The van der Waals surface area contributed by atoms with Gasteiger partial charge < -0.3 is 4.90 Å². The second-order valence-electron chi connectivity index (χ2n) is 9.66. The average Bonchev–Trinajstić information content (AvgIpc) is 2.97. The van der Waals surface area contributed by atoms with Crippen LogP contribution in [0.5, 0.6) is 0 Å². The number of hydrogen-bond donors (Lipinski definition) is 0. The molecule has 1 aromatic heterocycles. The molecule has 5 aromatic rings. The van der Waals surface area contributed by atoms with Crippen LogP contribution in [-0.4, -0.2) is 26.9 Å². The zero-order valence-corrected chi connectivity index (χ0v) is 22.0. The molecule has 0 spiro atoms. The molecule has 192 valence electrons. The number of hydrogen-bond acceptors (Lipinski definition) is 3. The van der Waals surface area contributed by atoms with E-state index in [0.717, 1.165) is 22.8 Å². The van der Waals surface area contributed by atoms with E-state index in [1.807, 2.05) is 89.8 Å². The van der Waals surface area contributed by atoms with Crippen molar-refractivity contribution in [1.29, 1.82) is 0 Å². The number of aromatic nitrogens is 2. The summed E-state index contributed by atoms with van der Waals surface area (Å²) in [6.45, 7) is 5.19. The smallest absolute Gasteiger partial charge is 0.261 e. The molecule has 0 bridgehead atoms. The molecular formula is C33H33N3O2. The predicted octanol–water partition coefficient (Wildman–Crippen LogP) is 6.80. The number of fused-ring (bicyclic) bond motifs is 2. The Morgan fingerprint density at radius 2 is 1.58 bits per heavy atom. The molecule has 0 radical (unpaired) electrons. The van der Waals surface area contributed by atoms with Gasteiger partial charge in [0.25, 0.3) is 11.5 Å². The first-order chi connectivity index (χ1) is 18.6. The van der Waals surface area contributed by atoms with Crippen molar-refractivity contribution in [2.24, 2.45) is 0 Å². The van der Waals surface area contributed by atoms with Crippen LogP contribution in [0.3, 0.4) is 0 Å². The van der Waals surface area contributed by atoms with E-state index in [0.29, 0.717) is 48.2 Å². The second-order valence-corrected chi connectivity index (χ2v) is 9.66. The summed E-state index contributed by atoms with van der Waals surface area (Å²) in [4.78, 5) is 34.7. The summed E-state index contributed by atoms with van der Waals surface area (Å²) < 4.78 is 1.78. The standard InChI is InChI=1S/C33H33N3O2/c1-3-21-36-31(34-29-17-11-10-16-28(29)33(36)38)30(4-2)35(22-20-24-12-6-5-7-13-24)32(37)27-19-18-25-14-8-9-15-26(25)23-27/h5-19,23,30H,3-4,20-22H2,1-2H3. The van der Waals surface area contributed by atoms with Gasteiger partial charge in [-0.1, -0.05) is 86.6 Å². The van der Waals surface area contributed by atoms with E-state index < -0.39 is 0 Å². The van der Waals surface area contributed by atoms with Crippen LogP contribution >= 0.6 is 0 Å². The minimum absolute atomic E-state index is 0.0490. The number of nitrogens with zero attached hydrogens (tertiary/aromatic N) is 3. The van der Waals surface area contributed by atoms with Gasteiger partial charge in [-0.05, 0) is 59.9 Å². The minimum Gasteiger partial charge on any atom is -0.328 e. The lowest BCUT2D eigenvalue weighted by Crippen LogP contribution is -2.40. The SMILES string of the molecule is CCCn1c(C(CC)N(CCc2ccccc2)C(=O)c2ccc3ccccc3c2)nc2ccccc2c1=O. The van der Waals surface area contributed by atoms with Crippen LogP contribution < -0.4 is 5.56 Å². The molecule has 1 heterocycles. The highest BCUT2D eigenvalue weighted by Gasteiger charge is 2.29. The highest BCUT2D eigenvalue weighted by Crippen LogP contribution is 2.27. The lowest BCUT2D eigenvalue weighted by Gasteiger charge is -2.32. The van der Waals surface area contributed by atoms with Gasteiger partial charge in [0.2, 0.25) is 0 Å². The molecule has 5 heteroatoms. The first-order valence-electron chi connectivity index (χ1n) is 13.4. The molecule has 1 amide bonds. The second kappa shape index (κ2) is 11.4. The first-order valence-corrected chi connectivity index (χ1v) is 13.4. The van der Waals surface area contributed by atoms with E-state index in [9.17, 15) is 9.59 Å². The first kappa shape index (κ1) is 25.4. The lowest BCUT2D eigenvalue weighted by atomic mass is 10.0. The van der Waals surface area contributed by atoms with Crippen LogP contribution in [0.25, 0.3) is 21.7 Å². The number of benzene rings is 4. The molecular weight excluding hydrogens is 470 g/mol. The summed E-state index contributed by atoms with van der Waals surface area (Å²) in [5.41, 5.74) is 2.42. The van der Waals surface area contributed by atoms with Crippen molar-refractivity contribution >= 4 is 27.6 Å². The van der Waals surface area contributed by atoms with Gasteiger partial charge in [-0.3, -0.25) is 14.2 Å². The largest absolute Gasteiger partial charge is 0.328 e. The van der Waals surface area contributed by atoms with E-state index in [-0.39, 0.29) is 17.5 Å². The highest BCUT2D eigenvalue weighted by atomic mass is 16.2. The van der Waals surface area contributed by atoms with Crippen molar-refractivity contribution in [2.75, 3.05) is 6.54 Å². The van der Waals surface area contributed by atoms with Gasteiger partial charge in [0, 0.05) is 18.7 Å². The van der Waals surface area contributed by atoms with Crippen LogP contribution in [-0.2, 0) is 13.0 Å². The van der Waals surface area contributed by atoms with E-state index in [1.54, 1.807) is 4.57 Å². The Morgan fingerprint density at radius 3 is 2.34 bits per heavy atom. The Kier molecular flexibility index (Phi) is 7.64. The molecule has 1 unspecified atom stereocenters.